The molecule has 1 heterocycles. The number of carbonyl (C=O) groups is 1. The lowest BCUT2D eigenvalue weighted by molar-refractivity contribution is -0.139. The second-order valence-electron chi connectivity index (χ2n) is 6.21. The maximum absolute atomic E-state index is 11.5. The zero-order valence-electron chi connectivity index (χ0n) is 13.1. The summed E-state index contributed by atoms with van der Waals surface area (Å²) in [4.78, 5) is 16.0. The predicted octanol–water partition coefficient (Wildman–Crippen LogP) is 3.19. The molecule has 1 aliphatic rings. The molecule has 116 valence electrons. The predicted molar refractivity (Wildman–Crippen MR) is 84.8 cm³/mol. The van der Waals surface area contributed by atoms with Gasteiger partial charge in [-0.25, -0.2) is 4.98 Å². The molecular formula is C18H22N2O2. The number of hydrogen-bond donors (Lipinski definition) is 1. The van der Waals surface area contributed by atoms with Crippen LogP contribution in [-0.4, -0.2) is 20.6 Å². The molecule has 4 heteroatoms. The number of benzene rings is 1. The van der Waals surface area contributed by atoms with Crippen LogP contribution in [0.3, 0.4) is 0 Å². The molecular weight excluding hydrogens is 276 g/mol. The fourth-order valence-electron chi connectivity index (χ4n) is 3.53. The van der Waals surface area contributed by atoms with Gasteiger partial charge in [0.2, 0.25) is 0 Å². The average molecular weight is 298 g/mol. The highest BCUT2D eigenvalue weighted by Gasteiger charge is 2.58. The molecule has 1 aromatic carbocycles. The number of aromatic nitrogens is 2. The molecule has 3 rings (SSSR count). The van der Waals surface area contributed by atoms with E-state index >= 15 is 0 Å². The molecule has 2 aromatic rings. The number of hydrogen-bond acceptors (Lipinski definition) is 2. The van der Waals surface area contributed by atoms with Gasteiger partial charge in [-0.2, -0.15) is 0 Å². The summed E-state index contributed by atoms with van der Waals surface area (Å²) in [6.07, 6.45) is 4.54. The number of imidazole rings is 1. The van der Waals surface area contributed by atoms with Crippen LogP contribution >= 0.6 is 0 Å². The average Bonchev–Trinajstić information content (AvgIpc) is 3.16. The summed E-state index contributed by atoms with van der Waals surface area (Å²) in [5.74, 6) is 0.138. The van der Waals surface area contributed by atoms with Crippen LogP contribution in [0, 0.1) is 12.8 Å². The summed E-state index contributed by atoms with van der Waals surface area (Å²) in [5, 5.41) is 9.43. The van der Waals surface area contributed by atoms with Crippen LogP contribution in [0.25, 0.3) is 0 Å². The maximum atomic E-state index is 11.5. The van der Waals surface area contributed by atoms with E-state index in [2.05, 4.69) is 34.8 Å². The van der Waals surface area contributed by atoms with Gasteiger partial charge in [-0.1, -0.05) is 37.3 Å². The van der Waals surface area contributed by atoms with Crippen molar-refractivity contribution in [1.29, 1.82) is 0 Å². The number of aryl methyl sites for hydroxylation is 3. The van der Waals surface area contributed by atoms with Gasteiger partial charge < -0.3 is 9.67 Å². The molecule has 1 saturated carbocycles. The van der Waals surface area contributed by atoms with Gasteiger partial charge in [-0.05, 0) is 25.3 Å². The lowest BCUT2D eigenvalue weighted by Gasteiger charge is -2.18. The molecule has 2 atom stereocenters. The Balaban J connectivity index is 1.82. The lowest BCUT2D eigenvalue weighted by atomic mass is 9.89. The van der Waals surface area contributed by atoms with E-state index in [4.69, 9.17) is 0 Å². The molecule has 0 radical (unpaired) electrons. The summed E-state index contributed by atoms with van der Waals surface area (Å²) in [5.41, 5.74) is 1.96. The first-order valence-corrected chi connectivity index (χ1v) is 7.88. The second kappa shape index (κ2) is 5.59. The molecule has 1 fully saturated rings. The van der Waals surface area contributed by atoms with E-state index in [9.17, 15) is 9.90 Å². The number of carboxylic acids is 1. The number of nitrogens with zero attached hydrogens (tertiary/aromatic N) is 2. The van der Waals surface area contributed by atoms with Gasteiger partial charge in [0.15, 0.2) is 0 Å². The van der Waals surface area contributed by atoms with Gasteiger partial charge in [0.1, 0.15) is 5.82 Å². The van der Waals surface area contributed by atoms with E-state index in [-0.39, 0.29) is 11.3 Å². The first-order valence-electron chi connectivity index (χ1n) is 7.88. The Bertz CT molecular complexity index is 678. The topological polar surface area (TPSA) is 55.1 Å². The minimum absolute atomic E-state index is 0.212. The SMILES string of the molecule is CCc1nc(C)cn1CCC1(c2ccccc2)CC1C(=O)O. The smallest absolute Gasteiger partial charge is 0.307 e. The molecule has 0 bridgehead atoms. The van der Waals surface area contributed by atoms with Crippen LogP contribution in [0.5, 0.6) is 0 Å². The fraction of sp³-hybridized carbons (Fsp3) is 0.444. The van der Waals surface area contributed by atoms with E-state index in [0.717, 1.165) is 42.9 Å². The molecule has 0 aliphatic heterocycles. The fourth-order valence-corrected chi connectivity index (χ4v) is 3.53. The molecule has 1 N–H and O–H groups in total. The van der Waals surface area contributed by atoms with Crippen molar-refractivity contribution in [2.45, 2.75) is 45.1 Å². The third-order valence-electron chi connectivity index (χ3n) is 4.82. The zero-order valence-corrected chi connectivity index (χ0v) is 13.1. The van der Waals surface area contributed by atoms with Gasteiger partial charge in [0.25, 0.3) is 0 Å². The van der Waals surface area contributed by atoms with Crippen molar-refractivity contribution in [2.24, 2.45) is 5.92 Å². The van der Waals surface area contributed by atoms with Crippen molar-refractivity contribution in [2.75, 3.05) is 0 Å². The summed E-state index contributed by atoms with van der Waals surface area (Å²) < 4.78 is 2.18. The van der Waals surface area contributed by atoms with E-state index in [1.165, 1.54) is 0 Å². The van der Waals surface area contributed by atoms with Crippen molar-refractivity contribution < 1.29 is 9.90 Å². The van der Waals surface area contributed by atoms with Crippen LogP contribution in [-0.2, 0) is 23.2 Å². The van der Waals surface area contributed by atoms with E-state index in [1.54, 1.807) is 0 Å². The molecule has 0 spiro atoms. The normalized spacial score (nSPS) is 23.5. The van der Waals surface area contributed by atoms with Crippen LogP contribution in [0.15, 0.2) is 36.5 Å². The Labute approximate surface area is 130 Å². The molecule has 22 heavy (non-hydrogen) atoms. The molecule has 4 nitrogen and oxygen atoms in total. The number of aliphatic carboxylic acids is 1. The quantitative estimate of drug-likeness (QED) is 0.891. The lowest BCUT2D eigenvalue weighted by Crippen LogP contribution is -2.18. The summed E-state index contributed by atoms with van der Waals surface area (Å²) in [6.45, 7) is 4.92. The molecule has 1 aliphatic carbocycles. The van der Waals surface area contributed by atoms with Crippen molar-refractivity contribution >= 4 is 5.97 Å². The highest BCUT2D eigenvalue weighted by molar-refractivity contribution is 5.77. The van der Waals surface area contributed by atoms with E-state index < -0.39 is 5.97 Å². The van der Waals surface area contributed by atoms with Crippen molar-refractivity contribution in [1.82, 2.24) is 9.55 Å². The van der Waals surface area contributed by atoms with Crippen LogP contribution in [0.1, 0.15) is 36.8 Å². The van der Waals surface area contributed by atoms with Crippen molar-refractivity contribution in [3.8, 4) is 0 Å². The number of carboxylic acid groups (broad SMARTS) is 1. The minimum atomic E-state index is -0.679. The Hall–Kier alpha value is -2.10. The summed E-state index contributed by atoms with van der Waals surface area (Å²) in [7, 11) is 0. The third-order valence-corrected chi connectivity index (χ3v) is 4.82. The Morgan fingerprint density at radius 3 is 2.73 bits per heavy atom. The first-order chi connectivity index (χ1) is 10.6. The molecule has 0 saturated heterocycles. The number of rotatable bonds is 6. The Morgan fingerprint density at radius 2 is 2.14 bits per heavy atom. The maximum Gasteiger partial charge on any atom is 0.307 e. The molecule has 0 amide bonds. The van der Waals surface area contributed by atoms with Gasteiger partial charge in [-0.15, -0.1) is 0 Å². The molecule has 2 unspecified atom stereocenters. The highest BCUT2D eigenvalue weighted by atomic mass is 16.4. The second-order valence-corrected chi connectivity index (χ2v) is 6.21. The highest BCUT2D eigenvalue weighted by Crippen LogP contribution is 2.57. The summed E-state index contributed by atoms with van der Waals surface area (Å²) >= 11 is 0. The zero-order chi connectivity index (χ0) is 15.7. The van der Waals surface area contributed by atoms with Crippen molar-refractivity contribution in [3.05, 3.63) is 53.6 Å². The summed E-state index contributed by atoms with van der Waals surface area (Å²) in [6, 6.07) is 10.1. The van der Waals surface area contributed by atoms with Crippen LogP contribution < -0.4 is 0 Å². The largest absolute Gasteiger partial charge is 0.481 e. The van der Waals surface area contributed by atoms with Gasteiger partial charge in [-0.3, -0.25) is 4.79 Å². The molecule has 1 aromatic heterocycles. The monoisotopic (exact) mass is 298 g/mol. The Morgan fingerprint density at radius 1 is 1.41 bits per heavy atom. The van der Waals surface area contributed by atoms with Gasteiger partial charge >= 0.3 is 5.97 Å². The van der Waals surface area contributed by atoms with E-state index in [1.807, 2.05) is 25.1 Å². The van der Waals surface area contributed by atoms with Crippen LogP contribution in [0.4, 0.5) is 0 Å². The third kappa shape index (κ3) is 2.54. The van der Waals surface area contributed by atoms with Gasteiger partial charge in [0.05, 0.1) is 11.6 Å². The standard InChI is InChI=1S/C18H22N2O2/c1-3-16-19-13(2)12-20(16)10-9-18(11-15(18)17(21)22)14-7-5-4-6-8-14/h4-8,12,15H,3,9-11H2,1-2H3,(H,21,22). The minimum Gasteiger partial charge on any atom is -0.481 e. The Kier molecular flexibility index (Phi) is 3.77. The first kappa shape index (κ1) is 14.8. The van der Waals surface area contributed by atoms with E-state index in [0.29, 0.717) is 0 Å². The van der Waals surface area contributed by atoms with Crippen molar-refractivity contribution in [3.63, 3.8) is 0 Å². The van der Waals surface area contributed by atoms with Gasteiger partial charge in [0, 0.05) is 24.6 Å². The van der Waals surface area contributed by atoms with Crippen LogP contribution in [0.2, 0.25) is 0 Å².